The van der Waals surface area contributed by atoms with Crippen molar-refractivity contribution >= 4 is 38.5 Å². The van der Waals surface area contributed by atoms with Gasteiger partial charge < -0.3 is 15.7 Å². The standard InChI is InChI=1S/C23H32N6OS/c1-4-29(15(2)3)14-16-12-20(25-17-7-9-18(30)10-8-17)27-21(13-16)28-23-26-19-6-5-11-24-22(19)31-23/h5-6,11-13,15,17-18,30H,4,7-10,14H2,1-3H3,(H2,25,26,27,28)/t17-,18-. The summed E-state index contributed by atoms with van der Waals surface area (Å²) in [6.45, 7) is 8.51. The number of rotatable bonds is 8. The molecule has 0 amide bonds. The number of aliphatic hydroxyl groups is 1. The van der Waals surface area contributed by atoms with Crippen LogP contribution in [0, 0.1) is 0 Å². The number of hydrogen-bond acceptors (Lipinski definition) is 8. The molecule has 1 fully saturated rings. The molecule has 0 radical (unpaired) electrons. The van der Waals surface area contributed by atoms with Gasteiger partial charge in [-0.25, -0.2) is 15.0 Å². The number of fused-ring (bicyclic) bond motifs is 1. The van der Waals surface area contributed by atoms with Gasteiger partial charge in [-0.3, -0.25) is 4.90 Å². The first-order chi connectivity index (χ1) is 15.0. The van der Waals surface area contributed by atoms with Gasteiger partial charge in [0.15, 0.2) is 5.13 Å². The molecule has 0 aliphatic heterocycles. The zero-order valence-corrected chi connectivity index (χ0v) is 19.3. The first-order valence-electron chi connectivity index (χ1n) is 11.2. The Balaban J connectivity index is 1.58. The number of aromatic nitrogens is 3. The van der Waals surface area contributed by atoms with E-state index in [1.54, 1.807) is 6.20 Å². The van der Waals surface area contributed by atoms with Gasteiger partial charge in [0.05, 0.1) is 6.10 Å². The lowest BCUT2D eigenvalue weighted by Gasteiger charge is -2.28. The molecule has 0 aromatic carbocycles. The van der Waals surface area contributed by atoms with E-state index in [0.29, 0.717) is 12.1 Å². The molecule has 0 spiro atoms. The van der Waals surface area contributed by atoms with Crippen LogP contribution in [0.5, 0.6) is 0 Å². The normalized spacial score (nSPS) is 19.3. The highest BCUT2D eigenvalue weighted by molar-refractivity contribution is 7.21. The summed E-state index contributed by atoms with van der Waals surface area (Å²) in [5.74, 6) is 1.66. The molecular weight excluding hydrogens is 408 g/mol. The molecule has 3 aromatic heterocycles. The summed E-state index contributed by atoms with van der Waals surface area (Å²) < 4.78 is 0. The second-order valence-corrected chi connectivity index (χ2v) is 9.50. The van der Waals surface area contributed by atoms with E-state index < -0.39 is 0 Å². The third-order valence-corrected chi connectivity index (χ3v) is 6.75. The van der Waals surface area contributed by atoms with E-state index in [4.69, 9.17) is 4.98 Å². The molecule has 0 unspecified atom stereocenters. The number of pyridine rings is 2. The van der Waals surface area contributed by atoms with E-state index in [-0.39, 0.29) is 6.10 Å². The number of thiazole rings is 1. The minimum Gasteiger partial charge on any atom is -0.393 e. The van der Waals surface area contributed by atoms with Gasteiger partial charge in [-0.1, -0.05) is 18.3 Å². The Bertz CT molecular complexity index is 966. The van der Waals surface area contributed by atoms with Crippen molar-refractivity contribution < 1.29 is 5.11 Å². The summed E-state index contributed by atoms with van der Waals surface area (Å²) in [5, 5.41) is 17.6. The largest absolute Gasteiger partial charge is 0.393 e. The van der Waals surface area contributed by atoms with E-state index >= 15 is 0 Å². The lowest BCUT2D eigenvalue weighted by atomic mass is 9.93. The first kappa shape index (κ1) is 21.9. The minimum atomic E-state index is -0.161. The molecule has 31 heavy (non-hydrogen) atoms. The molecule has 8 heteroatoms. The zero-order valence-electron chi connectivity index (χ0n) is 18.5. The lowest BCUT2D eigenvalue weighted by molar-refractivity contribution is 0.126. The number of aliphatic hydroxyl groups excluding tert-OH is 1. The third kappa shape index (κ3) is 5.70. The quantitative estimate of drug-likeness (QED) is 0.465. The van der Waals surface area contributed by atoms with Gasteiger partial charge in [-0.15, -0.1) is 0 Å². The van der Waals surface area contributed by atoms with Crippen LogP contribution in [0.1, 0.15) is 52.0 Å². The van der Waals surface area contributed by atoms with Gasteiger partial charge in [-0.2, -0.15) is 0 Å². The highest BCUT2D eigenvalue weighted by atomic mass is 32.1. The van der Waals surface area contributed by atoms with Crippen LogP contribution in [0.2, 0.25) is 0 Å². The van der Waals surface area contributed by atoms with Crippen LogP contribution in [0.3, 0.4) is 0 Å². The molecule has 3 aromatic rings. The molecule has 4 rings (SSSR count). The van der Waals surface area contributed by atoms with Crippen LogP contribution in [0.25, 0.3) is 10.3 Å². The maximum atomic E-state index is 9.81. The van der Waals surface area contributed by atoms with Crippen molar-refractivity contribution in [1.82, 2.24) is 19.9 Å². The average Bonchev–Trinajstić information content (AvgIpc) is 3.15. The van der Waals surface area contributed by atoms with Gasteiger partial charge in [0.25, 0.3) is 0 Å². The highest BCUT2D eigenvalue weighted by Gasteiger charge is 2.20. The van der Waals surface area contributed by atoms with Crippen LogP contribution >= 0.6 is 11.3 Å². The Morgan fingerprint density at radius 1 is 1.16 bits per heavy atom. The van der Waals surface area contributed by atoms with Crippen LogP contribution in [0.4, 0.5) is 16.8 Å². The van der Waals surface area contributed by atoms with Crippen molar-refractivity contribution in [2.45, 2.75) is 71.2 Å². The number of anilines is 3. The maximum absolute atomic E-state index is 9.81. The third-order valence-electron chi connectivity index (χ3n) is 5.86. The van der Waals surface area contributed by atoms with Gasteiger partial charge in [0, 0.05) is 24.8 Å². The molecule has 0 saturated heterocycles. The number of nitrogens with one attached hydrogen (secondary N) is 2. The molecule has 0 bridgehead atoms. The van der Waals surface area contributed by atoms with Crippen LogP contribution in [-0.2, 0) is 6.54 Å². The molecular formula is C23H32N6OS. The average molecular weight is 441 g/mol. The Morgan fingerprint density at radius 2 is 1.94 bits per heavy atom. The summed E-state index contributed by atoms with van der Waals surface area (Å²) in [5.41, 5.74) is 2.10. The molecule has 1 aliphatic carbocycles. The highest BCUT2D eigenvalue weighted by Crippen LogP contribution is 2.28. The molecule has 1 saturated carbocycles. The van der Waals surface area contributed by atoms with Crippen LogP contribution < -0.4 is 10.6 Å². The summed E-state index contributed by atoms with van der Waals surface area (Å²) >= 11 is 1.53. The first-order valence-corrected chi connectivity index (χ1v) is 12.0. The lowest BCUT2D eigenvalue weighted by Crippen LogP contribution is -2.30. The fraction of sp³-hybridized carbons (Fsp3) is 0.522. The van der Waals surface area contributed by atoms with E-state index in [9.17, 15) is 5.11 Å². The van der Waals surface area contributed by atoms with Gasteiger partial charge >= 0.3 is 0 Å². The van der Waals surface area contributed by atoms with Gasteiger partial charge in [0.2, 0.25) is 0 Å². The maximum Gasteiger partial charge on any atom is 0.190 e. The van der Waals surface area contributed by atoms with Crippen molar-refractivity contribution in [3.05, 3.63) is 36.0 Å². The van der Waals surface area contributed by atoms with E-state index in [1.165, 1.54) is 16.9 Å². The van der Waals surface area contributed by atoms with E-state index in [1.807, 2.05) is 12.1 Å². The fourth-order valence-corrected chi connectivity index (χ4v) is 4.89. The van der Waals surface area contributed by atoms with E-state index in [0.717, 1.165) is 65.9 Å². The fourth-order valence-electron chi connectivity index (χ4n) is 4.07. The second kappa shape index (κ2) is 9.89. The SMILES string of the molecule is CCN(Cc1cc(Nc2nc3cccnc3s2)nc(N[C@H]2CC[C@H](O)CC2)c1)C(C)C. The van der Waals surface area contributed by atoms with Gasteiger partial charge in [-0.05, 0) is 75.9 Å². The second-order valence-electron chi connectivity index (χ2n) is 8.52. The van der Waals surface area contributed by atoms with Crippen molar-refractivity contribution in [3.8, 4) is 0 Å². The van der Waals surface area contributed by atoms with Gasteiger partial charge in [0.1, 0.15) is 22.0 Å². The number of hydrogen-bond donors (Lipinski definition) is 3. The smallest absolute Gasteiger partial charge is 0.190 e. The zero-order chi connectivity index (χ0) is 21.8. The summed E-state index contributed by atoms with van der Waals surface area (Å²) in [6.07, 6.45) is 5.25. The van der Waals surface area contributed by atoms with Crippen molar-refractivity contribution in [2.75, 3.05) is 17.2 Å². The Labute approximate surface area is 187 Å². The van der Waals surface area contributed by atoms with Crippen molar-refractivity contribution in [1.29, 1.82) is 0 Å². The van der Waals surface area contributed by atoms with Crippen molar-refractivity contribution in [3.63, 3.8) is 0 Å². The summed E-state index contributed by atoms with van der Waals surface area (Å²) in [4.78, 5) is 17.2. The Hall–Kier alpha value is -2.29. The Kier molecular flexibility index (Phi) is 6.99. The van der Waals surface area contributed by atoms with Crippen molar-refractivity contribution in [2.24, 2.45) is 0 Å². The molecule has 166 valence electrons. The monoisotopic (exact) mass is 440 g/mol. The molecule has 0 atom stereocenters. The predicted octanol–water partition coefficient (Wildman–Crippen LogP) is 4.78. The summed E-state index contributed by atoms with van der Waals surface area (Å²) in [7, 11) is 0. The van der Waals surface area contributed by atoms with E-state index in [2.05, 4.69) is 58.4 Å². The molecule has 7 nitrogen and oxygen atoms in total. The minimum absolute atomic E-state index is 0.161. The molecule has 3 N–H and O–H groups in total. The predicted molar refractivity (Wildman–Crippen MR) is 128 cm³/mol. The Morgan fingerprint density at radius 3 is 2.65 bits per heavy atom. The topological polar surface area (TPSA) is 86.2 Å². The molecule has 3 heterocycles. The van der Waals surface area contributed by atoms with Crippen LogP contribution in [0.15, 0.2) is 30.5 Å². The molecule has 1 aliphatic rings. The number of nitrogens with zero attached hydrogens (tertiary/aromatic N) is 4. The summed E-state index contributed by atoms with van der Waals surface area (Å²) in [6, 6.07) is 8.96. The van der Waals surface area contributed by atoms with Crippen LogP contribution in [-0.4, -0.2) is 49.7 Å².